The Morgan fingerprint density at radius 3 is 1.67 bits per heavy atom. The molecule has 0 spiro atoms. The van der Waals surface area contributed by atoms with Gasteiger partial charge in [-0.05, 0) is 53.9 Å². The number of allylic oxidation sites excluding steroid dienone is 2. The molecule has 8 N–H and O–H groups in total. The van der Waals surface area contributed by atoms with Crippen molar-refractivity contribution in [3.05, 3.63) is 72.4 Å². The van der Waals surface area contributed by atoms with Crippen LogP contribution in [-0.2, 0) is 81.1 Å². The third kappa shape index (κ3) is 11.3. The molecule has 0 aromatic carbocycles. The summed E-state index contributed by atoms with van der Waals surface area (Å²) in [7, 11) is 0. The van der Waals surface area contributed by atoms with Gasteiger partial charge in [-0.3, -0.25) is 38.4 Å². The van der Waals surface area contributed by atoms with Crippen LogP contribution in [-0.4, -0.2) is 101 Å². The van der Waals surface area contributed by atoms with Crippen LogP contribution in [0, 0.1) is 22.7 Å². The van der Waals surface area contributed by atoms with Crippen LogP contribution in [0.5, 0.6) is 0 Å². The first-order valence-electron chi connectivity index (χ1n) is 19.7. The van der Waals surface area contributed by atoms with E-state index in [1.54, 1.807) is 13.8 Å². The Labute approximate surface area is 369 Å². The Morgan fingerprint density at radius 1 is 0.571 bits per heavy atom. The first-order chi connectivity index (χ1) is 29.0. The number of fused-ring (bicyclic) bond motifs is 8. The van der Waals surface area contributed by atoms with E-state index in [9.17, 15) is 79.2 Å². The largest absolute Gasteiger partial charge is 4.00 e. The SMILES string of the molecule is CC1(CC(=O)O)/C2=C/C3[N-]C(/C=c4\[n-]/c(c(CCC(=O)O)c4CC(=O)O)=C\c4[n-]c(c(CC(=O)O)c4CCC(=O)O)/C=C(\[N-]2)C1CCC(=O)O)C(C)(CC(=O)O)C3CCC(=O)O.[Fe+4]. The number of rotatable bonds is 20. The van der Waals surface area contributed by atoms with Gasteiger partial charge in [0, 0.05) is 32.1 Å². The quantitative estimate of drug-likeness (QED) is 0.0882. The van der Waals surface area contributed by atoms with Crippen molar-refractivity contribution < 1.29 is 96.3 Å². The van der Waals surface area contributed by atoms with Crippen molar-refractivity contribution in [1.29, 1.82) is 0 Å². The normalized spacial score (nSPS) is 26.2. The van der Waals surface area contributed by atoms with Gasteiger partial charge in [-0.15, -0.1) is 46.3 Å². The van der Waals surface area contributed by atoms with Gasteiger partial charge in [0.05, 0.1) is 19.3 Å². The van der Waals surface area contributed by atoms with E-state index in [1.807, 2.05) is 0 Å². The average molecular weight is 919 g/mol. The molecule has 5 rings (SSSR count). The third-order valence-electron chi connectivity index (χ3n) is 12.1. The van der Waals surface area contributed by atoms with E-state index in [1.165, 1.54) is 24.3 Å². The fourth-order valence-electron chi connectivity index (χ4n) is 9.22. The maximum atomic E-state index is 12.6. The van der Waals surface area contributed by atoms with Gasteiger partial charge in [-0.25, -0.2) is 0 Å². The predicted octanol–water partition coefficient (Wildman–Crippen LogP) is 2.17. The van der Waals surface area contributed by atoms with Gasteiger partial charge in [0.1, 0.15) is 0 Å². The van der Waals surface area contributed by atoms with Crippen LogP contribution in [0.4, 0.5) is 0 Å². The molecule has 6 atom stereocenters. The number of nitrogens with zero attached hydrogens (tertiary/aromatic N) is 4. The third-order valence-corrected chi connectivity index (χ3v) is 12.1. The van der Waals surface area contributed by atoms with Gasteiger partial charge in [-0.1, -0.05) is 42.7 Å². The molecule has 0 radical (unpaired) electrons. The van der Waals surface area contributed by atoms with Crippen LogP contribution in [0.1, 0.15) is 98.9 Å². The summed E-state index contributed by atoms with van der Waals surface area (Å²) >= 11 is 0. The second-order valence-corrected chi connectivity index (χ2v) is 16.3. The van der Waals surface area contributed by atoms with Gasteiger partial charge in [0.2, 0.25) is 0 Å². The van der Waals surface area contributed by atoms with Crippen LogP contribution in [0.3, 0.4) is 0 Å². The molecule has 3 aliphatic rings. The van der Waals surface area contributed by atoms with Crippen LogP contribution >= 0.6 is 0 Å². The zero-order chi connectivity index (χ0) is 45.8. The zero-order valence-corrected chi connectivity index (χ0v) is 35.2. The summed E-state index contributed by atoms with van der Waals surface area (Å²) in [4.78, 5) is 107. The molecule has 2 aromatic rings. The van der Waals surface area contributed by atoms with E-state index < -0.39 is 134 Å². The Hall–Kier alpha value is -6.18. The van der Waals surface area contributed by atoms with E-state index in [4.69, 9.17) is 20.6 Å². The Kier molecular flexibility index (Phi) is 15.6. The number of carboxylic acid groups (broad SMARTS) is 8. The van der Waals surface area contributed by atoms with Crippen molar-refractivity contribution in [3.63, 3.8) is 0 Å². The molecule has 21 heteroatoms. The number of carbonyl (C=O) groups is 8. The minimum absolute atomic E-state index is 0. The van der Waals surface area contributed by atoms with Crippen molar-refractivity contribution in [2.24, 2.45) is 22.7 Å². The summed E-state index contributed by atoms with van der Waals surface area (Å²) in [6.07, 6.45) is 0.438. The standard InChI is InChI=1S/C42H46N4O16.Fe/c1-41(17-39(59)60)23(5-9-35(51)52)29-14-27-21(11-37(55)56)19(3-7-33(47)48)25(43-27)13-26-20(4-8-34(49)50)22(12-38(57)58)28(44-26)15-31-42(2,18-40(61)62)24(6-10-36(53)54)30(46-31)16-32(41)45-29;/h13-16,23-24,30-31H,3-12,17-18H2,1-2H3,(H,47,48)(H,49,50)(H,51,52)(H,53,54)(H,55,56)(H,57,58)(H,59,60)(H,61,62);/q-4;+4/b26-13-,28-15-,29-14-,32-16-;. The number of hydrogen-bond donors (Lipinski definition) is 8. The van der Waals surface area contributed by atoms with Crippen molar-refractivity contribution >= 4 is 66.0 Å². The number of hydrogen-bond acceptors (Lipinski definition) is 8. The zero-order valence-electron chi connectivity index (χ0n) is 34.1. The summed E-state index contributed by atoms with van der Waals surface area (Å²) in [5.74, 6) is -12.0. The fraction of sp³-hybridized carbons (Fsp3) is 0.476. The summed E-state index contributed by atoms with van der Waals surface area (Å²) in [5, 5.41) is 89.5. The molecular weight excluding hydrogens is 872 g/mol. The Morgan fingerprint density at radius 2 is 1.11 bits per heavy atom. The van der Waals surface area contributed by atoms with Gasteiger partial charge in [0.25, 0.3) is 0 Å². The first-order valence-corrected chi connectivity index (χ1v) is 19.7. The first kappa shape index (κ1) is 49.5. The monoisotopic (exact) mass is 918 g/mol. The van der Waals surface area contributed by atoms with Gasteiger partial charge < -0.3 is 61.5 Å². The second kappa shape index (κ2) is 19.9. The molecule has 2 aromatic heterocycles. The van der Waals surface area contributed by atoms with Crippen molar-refractivity contribution in [1.82, 2.24) is 9.97 Å². The van der Waals surface area contributed by atoms with E-state index in [0.29, 0.717) is 0 Å². The van der Waals surface area contributed by atoms with Crippen molar-refractivity contribution in [2.45, 2.75) is 103 Å². The topological polar surface area (TPSA) is 355 Å². The van der Waals surface area contributed by atoms with Crippen LogP contribution in [0.2, 0.25) is 0 Å². The fourth-order valence-corrected chi connectivity index (χ4v) is 9.22. The summed E-state index contributed by atoms with van der Waals surface area (Å²) < 4.78 is 0. The maximum Gasteiger partial charge on any atom is 4.00 e. The van der Waals surface area contributed by atoms with Gasteiger partial charge >= 0.3 is 64.8 Å². The second-order valence-electron chi connectivity index (χ2n) is 16.3. The molecule has 0 amide bonds. The molecule has 2 fully saturated rings. The number of aromatic nitrogens is 2. The van der Waals surface area contributed by atoms with E-state index in [0.717, 1.165) is 0 Å². The Bertz CT molecular complexity index is 2400. The molecule has 8 bridgehead atoms. The van der Waals surface area contributed by atoms with Crippen LogP contribution < -0.4 is 20.7 Å². The minimum atomic E-state index is -1.48. The molecule has 338 valence electrons. The van der Waals surface area contributed by atoms with Crippen molar-refractivity contribution in [3.8, 4) is 0 Å². The summed E-state index contributed by atoms with van der Waals surface area (Å²) in [6, 6.07) is -2.18. The molecule has 6 unspecified atom stereocenters. The molecular formula is C42H46FeN4O16. The smallest absolute Gasteiger partial charge is 0.664 e. The van der Waals surface area contributed by atoms with E-state index in [-0.39, 0.29) is 98.5 Å². The minimum Gasteiger partial charge on any atom is -0.664 e. The molecule has 0 saturated carbocycles. The number of carboxylic acids is 8. The van der Waals surface area contributed by atoms with Gasteiger partial charge in [-0.2, -0.15) is 11.4 Å². The molecule has 20 nitrogen and oxygen atoms in total. The summed E-state index contributed by atoms with van der Waals surface area (Å²) in [6.45, 7) is 3.14. The molecule has 63 heavy (non-hydrogen) atoms. The Balaban J connectivity index is 0.00000871. The van der Waals surface area contributed by atoms with Crippen LogP contribution in [0.15, 0.2) is 17.5 Å². The molecule has 0 aliphatic carbocycles. The molecule has 2 saturated heterocycles. The van der Waals surface area contributed by atoms with Gasteiger partial charge in [0.15, 0.2) is 0 Å². The molecule has 5 heterocycles. The van der Waals surface area contributed by atoms with Crippen molar-refractivity contribution in [2.75, 3.05) is 0 Å². The summed E-state index contributed by atoms with van der Waals surface area (Å²) in [5.41, 5.74) is -2.29. The predicted molar refractivity (Wildman–Crippen MR) is 213 cm³/mol. The number of aliphatic carboxylic acids is 8. The average Bonchev–Trinajstić information content (AvgIpc) is 3.77. The van der Waals surface area contributed by atoms with E-state index >= 15 is 0 Å². The molecule has 3 aliphatic heterocycles. The van der Waals surface area contributed by atoms with Crippen LogP contribution in [0.25, 0.3) is 28.9 Å². The maximum absolute atomic E-state index is 12.6. The van der Waals surface area contributed by atoms with E-state index in [2.05, 4.69) is 0 Å².